The van der Waals surface area contributed by atoms with E-state index in [1.807, 2.05) is 0 Å². The summed E-state index contributed by atoms with van der Waals surface area (Å²) in [5.41, 5.74) is 1.50. The van der Waals surface area contributed by atoms with Gasteiger partial charge in [-0.25, -0.2) is 4.79 Å². The fourth-order valence-corrected chi connectivity index (χ4v) is 2.56. The Balaban J connectivity index is 2.26. The number of amides is 1. The Morgan fingerprint density at radius 2 is 2.05 bits per heavy atom. The molecule has 2 N–H and O–H groups in total. The molecule has 2 rings (SSSR count). The first-order valence-electron chi connectivity index (χ1n) is 5.37. The van der Waals surface area contributed by atoms with Crippen LogP contribution in [0.2, 0.25) is 5.02 Å². The monoisotopic (exact) mass is 295 g/mol. The largest absolute Gasteiger partial charge is 0.477 e. The Morgan fingerprint density at radius 1 is 1.32 bits per heavy atom. The van der Waals surface area contributed by atoms with E-state index in [4.69, 9.17) is 16.7 Å². The van der Waals surface area contributed by atoms with Gasteiger partial charge in [0.15, 0.2) is 0 Å². The number of halogens is 1. The fourth-order valence-electron chi connectivity index (χ4n) is 1.64. The number of benzene rings is 1. The SMILES string of the molecule is Cc1cc(Cl)ccc1C(=O)Nc1ccsc1C(=O)O. The number of nitrogens with one attached hydrogen (secondary N) is 1. The first kappa shape index (κ1) is 13.6. The standard InChI is InChI=1S/C13H10ClNO3S/c1-7-6-8(14)2-3-9(7)12(16)15-10-4-5-19-11(10)13(17)18/h2-6H,1H3,(H,15,16)(H,17,18). The van der Waals surface area contributed by atoms with E-state index in [2.05, 4.69) is 5.32 Å². The summed E-state index contributed by atoms with van der Waals surface area (Å²) in [6.45, 7) is 1.77. The Kier molecular flexibility index (Phi) is 3.87. The van der Waals surface area contributed by atoms with E-state index >= 15 is 0 Å². The van der Waals surface area contributed by atoms with Gasteiger partial charge in [-0.1, -0.05) is 11.6 Å². The van der Waals surface area contributed by atoms with Crippen LogP contribution in [0.1, 0.15) is 25.6 Å². The van der Waals surface area contributed by atoms with E-state index in [9.17, 15) is 9.59 Å². The molecule has 2 aromatic rings. The van der Waals surface area contributed by atoms with Crippen molar-refractivity contribution < 1.29 is 14.7 Å². The molecule has 0 unspecified atom stereocenters. The first-order chi connectivity index (χ1) is 8.99. The summed E-state index contributed by atoms with van der Waals surface area (Å²) in [7, 11) is 0. The highest BCUT2D eigenvalue weighted by atomic mass is 35.5. The summed E-state index contributed by atoms with van der Waals surface area (Å²) >= 11 is 6.89. The second-order valence-corrected chi connectivity index (χ2v) is 5.23. The fraction of sp³-hybridized carbons (Fsp3) is 0.0769. The number of rotatable bonds is 3. The number of hydrogen-bond acceptors (Lipinski definition) is 3. The molecule has 1 aromatic carbocycles. The number of carbonyl (C=O) groups excluding carboxylic acids is 1. The highest BCUT2D eigenvalue weighted by Gasteiger charge is 2.16. The van der Waals surface area contributed by atoms with Crippen LogP contribution in [-0.2, 0) is 0 Å². The topological polar surface area (TPSA) is 66.4 Å². The van der Waals surface area contributed by atoms with Gasteiger partial charge in [0.25, 0.3) is 5.91 Å². The highest BCUT2D eigenvalue weighted by molar-refractivity contribution is 7.12. The van der Waals surface area contributed by atoms with Gasteiger partial charge in [0.2, 0.25) is 0 Å². The molecule has 0 aliphatic rings. The molecule has 1 aromatic heterocycles. The van der Waals surface area contributed by atoms with Crippen LogP contribution in [0.25, 0.3) is 0 Å². The normalized spacial score (nSPS) is 10.2. The minimum absolute atomic E-state index is 0.111. The van der Waals surface area contributed by atoms with Crippen LogP contribution in [0.15, 0.2) is 29.6 Å². The van der Waals surface area contributed by atoms with Crippen LogP contribution in [0, 0.1) is 6.92 Å². The van der Waals surface area contributed by atoms with E-state index in [0.717, 1.165) is 16.9 Å². The lowest BCUT2D eigenvalue weighted by molar-refractivity contribution is 0.0703. The summed E-state index contributed by atoms with van der Waals surface area (Å²) in [4.78, 5) is 23.1. The summed E-state index contributed by atoms with van der Waals surface area (Å²) in [5.74, 6) is -1.41. The lowest BCUT2D eigenvalue weighted by atomic mass is 10.1. The van der Waals surface area contributed by atoms with Crippen LogP contribution in [-0.4, -0.2) is 17.0 Å². The third-order valence-electron chi connectivity index (χ3n) is 2.54. The number of hydrogen-bond donors (Lipinski definition) is 2. The van der Waals surface area contributed by atoms with Gasteiger partial charge >= 0.3 is 5.97 Å². The average molecular weight is 296 g/mol. The molecule has 98 valence electrons. The number of aromatic carboxylic acids is 1. The molecule has 19 heavy (non-hydrogen) atoms. The van der Waals surface area contributed by atoms with Gasteiger partial charge in [0, 0.05) is 10.6 Å². The van der Waals surface area contributed by atoms with Crippen molar-refractivity contribution in [1.29, 1.82) is 0 Å². The zero-order chi connectivity index (χ0) is 14.0. The first-order valence-corrected chi connectivity index (χ1v) is 6.63. The van der Waals surface area contributed by atoms with Crippen LogP contribution in [0.4, 0.5) is 5.69 Å². The van der Waals surface area contributed by atoms with Gasteiger partial charge in [-0.3, -0.25) is 4.79 Å². The van der Waals surface area contributed by atoms with Gasteiger partial charge in [-0.05, 0) is 42.1 Å². The Labute approximate surface area is 118 Å². The maximum absolute atomic E-state index is 12.1. The summed E-state index contributed by atoms with van der Waals surface area (Å²) in [6, 6.07) is 6.48. The molecule has 0 fully saturated rings. The van der Waals surface area contributed by atoms with Crippen molar-refractivity contribution in [3.8, 4) is 0 Å². The number of aryl methyl sites for hydroxylation is 1. The number of thiophene rings is 1. The number of carbonyl (C=O) groups is 2. The quantitative estimate of drug-likeness (QED) is 0.908. The molecule has 0 atom stereocenters. The van der Waals surface area contributed by atoms with Crippen molar-refractivity contribution in [2.45, 2.75) is 6.92 Å². The molecule has 4 nitrogen and oxygen atoms in total. The van der Waals surface area contributed by atoms with Gasteiger partial charge < -0.3 is 10.4 Å². The third-order valence-corrected chi connectivity index (χ3v) is 3.68. The Bertz CT molecular complexity index is 651. The molecule has 0 spiro atoms. The molecule has 0 bridgehead atoms. The molecule has 1 heterocycles. The zero-order valence-corrected chi connectivity index (χ0v) is 11.5. The predicted molar refractivity (Wildman–Crippen MR) is 75.4 cm³/mol. The number of carboxylic acid groups (broad SMARTS) is 1. The van der Waals surface area contributed by atoms with E-state index < -0.39 is 5.97 Å². The summed E-state index contributed by atoms with van der Waals surface area (Å²) < 4.78 is 0. The van der Waals surface area contributed by atoms with E-state index in [0.29, 0.717) is 16.3 Å². The van der Waals surface area contributed by atoms with Gasteiger partial charge in [0.1, 0.15) is 4.88 Å². The minimum Gasteiger partial charge on any atom is -0.477 e. The van der Waals surface area contributed by atoms with Gasteiger partial charge in [-0.15, -0.1) is 11.3 Å². The molecular weight excluding hydrogens is 286 g/mol. The van der Waals surface area contributed by atoms with Gasteiger partial charge in [0.05, 0.1) is 5.69 Å². The van der Waals surface area contributed by atoms with Crippen LogP contribution in [0.5, 0.6) is 0 Å². The van der Waals surface area contributed by atoms with Crippen LogP contribution in [0.3, 0.4) is 0 Å². The predicted octanol–water partition coefficient (Wildman–Crippen LogP) is 3.66. The van der Waals surface area contributed by atoms with E-state index in [1.54, 1.807) is 36.6 Å². The van der Waals surface area contributed by atoms with Crippen molar-refractivity contribution in [2.75, 3.05) is 5.32 Å². The number of carboxylic acids is 1. The third kappa shape index (κ3) is 2.94. The smallest absolute Gasteiger partial charge is 0.348 e. The molecule has 0 radical (unpaired) electrons. The van der Waals surface area contributed by atoms with Gasteiger partial charge in [-0.2, -0.15) is 0 Å². The molecule has 1 amide bonds. The molecule has 6 heteroatoms. The molecule has 0 saturated carbocycles. The van der Waals surface area contributed by atoms with Crippen molar-refractivity contribution in [3.05, 3.63) is 50.7 Å². The van der Waals surface area contributed by atoms with Crippen LogP contribution < -0.4 is 5.32 Å². The minimum atomic E-state index is -1.06. The van der Waals surface area contributed by atoms with Crippen LogP contribution >= 0.6 is 22.9 Å². The maximum atomic E-state index is 12.1. The average Bonchev–Trinajstić information content (AvgIpc) is 2.76. The molecule has 0 saturated heterocycles. The summed E-state index contributed by atoms with van der Waals surface area (Å²) in [6.07, 6.45) is 0. The maximum Gasteiger partial charge on any atom is 0.348 e. The lowest BCUT2D eigenvalue weighted by Gasteiger charge is -2.07. The highest BCUT2D eigenvalue weighted by Crippen LogP contribution is 2.23. The molecule has 0 aliphatic carbocycles. The van der Waals surface area contributed by atoms with Crippen molar-refractivity contribution >= 4 is 40.5 Å². The van der Waals surface area contributed by atoms with Crippen molar-refractivity contribution in [2.24, 2.45) is 0 Å². The van der Waals surface area contributed by atoms with Crippen molar-refractivity contribution in [1.82, 2.24) is 0 Å². The van der Waals surface area contributed by atoms with Crippen molar-refractivity contribution in [3.63, 3.8) is 0 Å². The Morgan fingerprint density at radius 3 is 2.68 bits per heavy atom. The number of anilines is 1. The summed E-state index contributed by atoms with van der Waals surface area (Å²) in [5, 5.41) is 13.7. The van der Waals surface area contributed by atoms with E-state index in [-0.39, 0.29) is 10.8 Å². The Hall–Kier alpha value is -1.85. The second-order valence-electron chi connectivity index (χ2n) is 3.88. The zero-order valence-electron chi connectivity index (χ0n) is 9.94. The van der Waals surface area contributed by atoms with E-state index in [1.165, 1.54) is 0 Å². The lowest BCUT2D eigenvalue weighted by Crippen LogP contribution is -2.14. The second kappa shape index (κ2) is 5.42. The molecule has 0 aliphatic heterocycles. The molecular formula is C13H10ClNO3S.